The summed E-state index contributed by atoms with van der Waals surface area (Å²) in [5.41, 5.74) is 0.820. The highest BCUT2D eigenvalue weighted by Crippen LogP contribution is 2.70. The third-order valence-electron chi connectivity index (χ3n) is 11.3. The number of carbonyl (C=O) groups excluding carboxylic acids is 2. The van der Waals surface area contributed by atoms with E-state index < -0.39 is 0 Å². The molecule has 0 radical (unpaired) electrons. The standard InChI is InChI=1S/C28H40O4/c1-16-13-21-19-8-7-17-14-18(30)9-11-27(17,6)20(19)10-12-28(21,15-29)23(16)32-24(31)22-25(2,3)26(22,4)5/h9,11,14,16,19-23,29H,7-8,10,12-13,15H2,1-6H3/t16-,19-,20+,21+,23-,27+,28-/m1/s1. The normalized spacial score (nSPS) is 46.0. The van der Waals surface area contributed by atoms with Crippen LogP contribution in [-0.2, 0) is 14.3 Å². The first-order chi connectivity index (χ1) is 14.9. The van der Waals surface area contributed by atoms with E-state index >= 15 is 0 Å². The number of esters is 1. The highest BCUT2D eigenvalue weighted by Gasteiger charge is 2.70. The lowest BCUT2D eigenvalue weighted by atomic mass is 9.48. The molecule has 0 aromatic carbocycles. The van der Waals surface area contributed by atoms with E-state index in [1.165, 1.54) is 5.57 Å². The van der Waals surface area contributed by atoms with Gasteiger partial charge in [-0.05, 0) is 78.8 Å². The molecule has 0 amide bonds. The molecular weight excluding hydrogens is 400 g/mol. The predicted molar refractivity (Wildman–Crippen MR) is 124 cm³/mol. The fourth-order valence-corrected chi connectivity index (χ4v) is 8.79. The number of hydrogen-bond donors (Lipinski definition) is 1. The number of hydrogen-bond acceptors (Lipinski definition) is 4. The Balaban J connectivity index is 1.42. The fourth-order valence-electron chi connectivity index (χ4n) is 8.79. The second-order valence-electron chi connectivity index (χ2n) is 13.0. The van der Waals surface area contributed by atoms with Crippen LogP contribution in [0.4, 0.5) is 0 Å². The Hall–Kier alpha value is -1.42. The molecule has 5 aliphatic rings. The molecule has 4 nitrogen and oxygen atoms in total. The predicted octanol–water partition coefficient (Wildman–Crippen LogP) is 5.11. The van der Waals surface area contributed by atoms with E-state index in [9.17, 15) is 14.7 Å². The van der Waals surface area contributed by atoms with Crippen LogP contribution >= 0.6 is 0 Å². The second kappa shape index (κ2) is 6.81. The van der Waals surface area contributed by atoms with Gasteiger partial charge in [-0.25, -0.2) is 0 Å². The summed E-state index contributed by atoms with van der Waals surface area (Å²) in [5, 5.41) is 10.8. The molecule has 0 saturated heterocycles. The Morgan fingerprint density at radius 1 is 1.12 bits per heavy atom. The van der Waals surface area contributed by atoms with Crippen LogP contribution in [0.3, 0.4) is 0 Å². The summed E-state index contributed by atoms with van der Waals surface area (Å²) in [7, 11) is 0. The van der Waals surface area contributed by atoms with Crippen LogP contribution in [0.2, 0.25) is 0 Å². The molecule has 176 valence electrons. The van der Waals surface area contributed by atoms with E-state index in [1.807, 2.05) is 6.08 Å². The molecule has 5 aliphatic carbocycles. The van der Waals surface area contributed by atoms with Crippen molar-refractivity contribution in [2.45, 2.75) is 79.8 Å². The lowest BCUT2D eigenvalue weighted by Crippen LogP contribution is -2.54. The maximum Gasteiger partial charge on any atom is 0.310 e. The number of rotatable bonds is 3. The van der Waals surface area contributed by atoms with Gasteiger partial charge < -0.3 is 9.84 Å². The first-order valence-electron chi connectivity index (χ1n) is 12.7. The van der Waals surface area contributed by atoms with Gasteiger partial charge in [-0.3, -0.25) is 9.59 Å². The molecule has 0 unspecified atom stereocenters. The Morgan fingerprint density at radius 3 is 2.44 bits per heavy atom. The quantitative estimate of drug-likeness (QED) is 0.620. The molecule has 4 heteroatoms. The minimum atomic E-state index is -0.328. The van der Waals surface area contributed by atoms with Crippen molar-refractivity contribution >= 4 is 11.8 Å². The Bertz CT molecular complexity index is 896. The minimum Gasteiger partial charge on any atom is -0.461 e. The van der Waals surface area contributed by atoms with E-state index in [4.69, 9.17) is 4.74 Å². The zero-order valence-electron chi connectivity index (χ0n) is 20.6. The molecule has 0 bridgehead atoms. The van der Waals surface area contributed by atoms with Gasteiger partial charge in [-0.1, -0.05) is 53.2 Å². The number of allylic oxidation sites excluding steroid dienone is 4. The zero-order chi connectivity index (χ0) is 23.3. The van der Waals surface area contributed by atoms with Crippen LogP contribution in [0.5, 0.6) is 0 Å². The summed E-state index contributed by atoms with van der Waals surface area (Å²) in [6.07, 6.45) is 10.5. The van der Waals surface area contributed by atoms with E-state index in [2.05, 4.69) is 47.6 Å². The van der Waals surface area contributed by atoms with Crippen molar-refractivity contribution < 1.29 is 19.4 Å². The third-order valence-corrected chi connectivity index (χ3v) is 11.3. The maximum atomic E-state index is 13.3. The van der Waals surface area contributed by atoms with Crippen LogP contribution in [0.1, 0.15) is 73.6 Å². The Kier molecular flexibility index (Phi) is 4.76. The molecule has 4 saturated carbocycles. The van der Waals surface area contributed by atoms with Crippen LogP contribution in [-0.4, -0.2) is 29.6 Å². The molecule has 0 aromatic heterocycles. The van der Waals surface area contributed by atoms with Gasteiger partial charge in [0.25, 0.3) is 0 Å². The maximum absolute atomic E-state index is 13.3. The van der Waals surface area contributed by atoms with E-state index in [1.54, 1.807) is 6.08 Å². The summed E-state index contributed by atoms with van der Waals surface area (Å²) < 4.78 is 6.34. The van der Waals surface area contributed by atoms with Gasteiger partial charge in [0.05, 0.1) is 12.5 Å². The molecule has 5 rings (SSSR count). The average molecular weight is 441 g/mol. The van der Waals surface area contributed by atoms with Crippen LogP contribution in [0, 0.1) is 51.2 Å². The number of ketones is 1. The van der Waals surface area contributed by atoms with Gasteiger partial charge in [0.2, 0.25) is 0 Å². The smallest absolute Gasteiger partial charge is 0.310 e. The fraction of sp³-hybridized carbons (Fsp3) is 0.786. The minimum absolute atomic E-state index is 0.0409. The number of aliphatic hydroxyl groups excluding tert-OH is 1. The van der Waals surface area contributed by atoms with Crippen molar-refractivity contribution in [2.24, 2.45) is 51.2 Å². The largest absolute Gasteiger partial charge is 0.461 e. The lowest BCUT2D eigenvalue weighted by Gasteiger charge is -2.57. The Morgan fingerprint density at radius 2 is 1.81 bits per heavy atom. The molecule has 4 fully saturated rings. The van der Waals surface area contributed by atoms with Crippen molar-refractivity contribution in [3.05, 3.63) is 23.8 Å². The highest BCUT2D eigenvalue weighted by molar-refractivity contribution is 6.01. The molecule has 7 atom stereocenters. The SMILES string of the molecule is C[C@@H]1C[C@H]2[C@@H]3CCC4=CC(=O)C=C[C@]4(C)[C@H]3CC[C@]2(CO)[C@@H]1OC(=O)C1C(C)(C)C1(C)C. The van der Waals surface area contributed by atoms with Gasteiger partial charge >= 0.3 is 5.97 Å². The molecular formula is C28H40O4. The summed E-state index contributed by atoms with van der Waals surface area (Å²) in [6.45, 7) is 13.2. The number of ether oxygens (including phenoxy) is 1. The molecule has 0 aromatic rings. The number of fused-ring (bicyclic) bond motifs is 5. The topological polar surface area (TPSA) is 63.6 Å². The van der Waals surface area contributed by atoms with Gasteiger partial charge in [0.1, 0.15) is 6.10 Å². The second-order valence-corrected chi connectivity index (χ2v) is 13.0. The number of aliphatic hydroxyl groups is 1. The Labute approximate surface area is 192 Å². The van der Waals surface area contributed by atoms with Crippen LogP contribution in [0.25, 0.3) is 0 Å². The van der Waals surface area contributed by atoms with E-state index in [0.29, 0.717) is 17.8 Å². The first-order valence-corrected chi connectivity index (χ1v) is 12.7. The van der Waals surface area contributed by atoms with Gasteiger partial charge in [0, 0.05) is 10.8 Å². The summed E-state index contributed by atoms with van der Waals surface area (Å²) in [6, 6.07) is 0. The van der Waals surface area contributed by atoms with Crippen LogP contribution < -0.4 is 0 Å². The van der Waals surface area contributed by atoms with Gasteiger partial charge in [-0.2, -0.15) is 0 Å². The molecule has 0 heterocycles. The summed E-state index contributed by atoms with van der Waals surface area (Å²) >= 11 is 0. The van der Waals surface area contributed by atoms with E-state index in [0.717, 1.165) is 32.1 Å². The van der Waals surface area contributed by atoms with Gasteiger partial charge in [-0.15, -0.1) is 0 Å². The van der Waals surface area contributed by atoms with Crippen molar-refractivity contribution in [3.8, 4) is 0 Å². The zero-order valence-corrected chi connectivity index (χ0v) is 20.6. The van der Waals surface area contributed by atoms with Crippen LogP contribution in [0.15, 0.2) is 23.8 Å². The first kappa shape index (κ1) is 22.4. The lowest BCUT2D eigenvalue weighted by molar-refractivity contribution is -0.170. The van der Waals surface area contributed by atoms with Gasteiger partial charge in [0.15, 0.2) is 5.78 Å². The molecule has 0 spiro atoms. The van der Waals surface area contributed by atoms with Crippen molar-refractivity contribution in [1.29, 1.82) is 0 Å². The average Bonchev–Trinajstić information content (AvgIpc) is 2.97. The molecule has 0 aliphatic heterocycles. The third kappa shape index (κ3) is 2.71. The van der Waals surface area contributed by atoms with Crippen molar-refractivity contribution in [3.63, 3.8) is 0 Å². The van der Waals surface area contributed by atoms with Crippen molar-refractivity contribution in [1.82, 2.24) is 0 Å². The highest BCUT2D eigenvalue weighted by atomic mass is 16.5. The monoisotopic (exact) mass is 440 g/mol. The molecule has 1 N–H and O–H groups in total. The molecule has 32 heavy (non-hydrogen) atoms. The summed E-state index contributed by atoms with van der Waals surface area (Å²) in [4.78, 5) is 25.3. The summed E-state index contributed by atoms with van der Waals surface area (Å²) in [5.74, 6) is 1.58. The van der Waals surface area contributed by atoms with Crippen molar-refractivity contribution in [2.75, 3.05) is 6.61 Å². The number of carbonyl (C=O) groups is 2. The van der Waals surface area contributed by atoms with E-state index in [-0.39, 0.29) is 58.0 Å².